The Morgan fingerprint density at radius 2 is 1.53 bits per heavy atom. The number of carbonyl (C=O) groups is 1. The summed E-state index contributed by atoms with van der Waals surface area (Å²) in [4.78, 5) is 20.8. The summed E-state index contributed by atoms with van der Waals surface area (Å²) in [5.41, 5.74) is 0.489. The van der Waals surface area contributed by atoms with Crippen LogP contribution in [0.15, 0.2) is 60.9 Å². The van der Waals surface area contributed by atoms with Crippen LogP contribution in [0.1, 0.15) is 46.5 Å². The molecule has 0 radical (unpaired) electrons. The summed E-state index contributed by atoms with van der Waals surface area (Å²) in [5, 5.41) is 0. The number of carbonyl (C=O) groups excluding carboxylic acids is 1. The van der Waals surface area contributed by atoms with Crippen LogP contribution in [-0.2, 0) is 4.79 Å². The molecule has 0 amide bonds. The highest BCUT2D eigenvalue weighted by Gasteiger charge is 2.33. The first kappa shape index (κ1) is 25.3. The van der Waals surface area contributed by atoms with Gasteiger partial charge in [0.05, 0.1) is 12.8 Å². The van der Waals surface area contributed by atoms with Gasteiger partial charge in [-0.05, 0) is 81.5 Å². The first-order valence-electron chi connectivity index (χ1n) is 11.5. The zero-order valence-electron chi connectivity index (χ0n) is 19.8. The standard InChI is InChI=1S/C27H30F2N2O3/c1-4-27(3,29)26(32)34-24-14-8-20(9-15-24)22-17-30-25(31-18-22)21-10-12-23(13-11-21)33-16-6-5-7-19(2)28/h8-15,17-19H,4-7,16H2,1-3H3/t19-,27-/m0/s1. The number of benzene rings is 2. The number of rotatable bonds is 11. The SMILES string of the molecule is CC[C@](C)(F)C(=O)Oc1ccc(-c2cnc(-c3ccc(OCCCC[C@H](C)F)cc3)nc2)cc1. The zero-order chi connectivity index (χ0) is 24.6. The van der Waals surface area contributed by atoms with Gasteiger partial charge in [-0.2, -0.15) is 0 Å². The Morgan fingerprint density at radius 3 is 2.12 bits per heavy atom. The molecule has 1 heterocycles. The van der Waals surface area contributed by atoms with E-state index in [0.717, 1.165) is 35.3 Å². The van der Waals surface area contributed by atoms with Gasteiger partial charge in [0.2, 0.25) is 5.67 Å². The van der Waals surface area contributed by atoms with Gasteiger partial charge < -0.3 is 9.47 Å². The largest absolute Gasteiger partial charge is 0.494 e. The van der Waals surface area contributed by atoms with Crippen molar-refractivity contribution >= 4 is 5.97 Å². The summed E-state index contributed by atoms with van der Waals surface area (Å²) in [6, 6.07) is 14.3. The molecule has 0 aliphatic heterocycles. The topological polar surface area (TPSA) is 61.3 Å². The van der Waals surface area contributed by atoms with E-state index in [4.69, 9.17) is 9.47 Å². The van der Waals surface area contributed by atoms with Crippen molar-refractivity contribution in [2.24, 2.45) is 0 Å². The molecule has 7 heteroatoms. The lowest BCUT2D eigenvalue weighted by Gasteiger charge is -2.16. The number of nitrogens with zero attached hydrogens (tertiary/aromatic N) is 2. The molecule has 0 fully saturated rings. The quantitative estimate of drug-likeness (QED) is 0.177. The van der Waals surface area contributed by atoms with Gasteiger partial charge in [-0.3, -0.25) is 0 Å². The third kappa shape index (κ3) is 7.07. The Labute approximate surface area is 199 Å². The fraction of sp³-hybridized carbons (Fsp3) is 0.370. The molecule has 34 heavy (non-hydrogen) atoms. The Balaban J connectivity index is 1.57. The normalized spacial score (nSPS) is 13.7. The number of hydrogen-bond acceptors (Lipinski definition) is 5. The number of esters is 1. The van der Waals surface area contributed by atoms with Crippen LogP contribution in [0.4, 0.5) is 8.78 Å². The van der Waals surface area contributed by atoms with Gasteiger partial charge in [-0.15, -0.1) is 0 Å². The minimum atomic E-state index is -2.01. The molecule has 2 atom stereocenters. The lowest BCUT2D eigenvalue weighted by atomic mass is 10.1. The highest BCUT2D eigenvalue weighted by molar-refractivity contribution is 5.81. The van der Waals surface area contributed by atoms with Crippen LogP contribution in [0.5, 0.6) is 11.5 Å². The molecule has 3 rings (SSSR count). The van der Waals surface area contributed by atoms with Crippen molar-refractivity contribution in [1.29, 1.82) is 0 Å². The van der Waals surface area contributed by atoms with E-state index in [9.17, 15) is 13.6 Å². The van der Waals surface area contributed by atoms with Gasteiger partial charge in [-0.25, -0.2) is 23.5 Å². The zero-order valence-corrected chi connectivity index (χ0v) is 19.8. The van der Waals surface area contributed by atoms with Crippen molar-refractivity contribution in [1.82, 2.24) is 9.97 Å². The average Bonchev–Trinajstić information content (AvgIpc) is 2.84. The molecule has 2 aromatic carbocycles. The van der Waals surface area contributed by atoms with Crippen molar-refractivity contribution in [3.8, 4) is 34.0 Å². The monoisotopic (exact) mass is 468 g/mol. The van der Waals surface area contributed by atoms with E-state index in [0.29, 0.717) is 18.9 Å². The van der Waals surface area contributed by atoms with Crippen molar-refractivity contribution in [2.45, 2.75) is 58.3 Å². The molecule has 0 unspecified atom stereocenters. The van der Waals surface area contributed by atoms with E-state index in [1.54, 1.807) is 50.5 Å². The number of halogens is 2. The lowest BCUT2D eigenvalue weighted by Crippen LogP contribution is -2.33. The molecule has 1 aromatic heterocycles. The molecule has 0 spiro atoms. The maximum absolute atomic E-state index is 14.0. The number of alkyl halides is 2. The summed E-state index contributed by atoms with van der Waals surface area (Å²) >= 11 is 0. The second-order valence-electron chi connectivity index (χ2n) is 8.41. The number of hydrogen-bond donors (Lipinski definition) is 0. The van der Waals surface area contributed by atoms with Crippen molar-refractivity contribution in [2.75, 3.05) is 6.61 Å². The maximum atomic E-state index is 14.0. The van der Waals surface area contributed by atoms with Crippen molar-refractivity contribution in [3.63, 3.8) is 0 Å². The summed E-state index contributed by atoms with van der Waals surface area (Å²) in [7, 11) is 0. The van der Waals surface area contributed by atoms with Crippen LogP contribution in [0.3, 0.4) is 0 Å². The summed E-state index contributed by atoms with van der Waals surface area (Å²) in [6.07, 6.45) is 4.90. The van der Waals surface area contributed by atoms with Crippen LogP contribution < -0.4 is 9.47 Å². The molecule has 180 valence electrons. The Hall–Kier alpha value is -3.35. The highest BCUT2D eigenvalue weighted by Crippen LogP contribution is 2.25. The number of ether oxygens (including phenoxy) is 2. The molecule has 0 saturated carbocycles. The van der Waals surface area contributed by atoms with Gasteiger partial charge in [-0.1, -0.05) is 19.1 Å². The molecule has 0 saturated heterocycles. The minimum absolute atomic E-state index is 0.0460. The molecule has 0 N–H and O–H groups in total. The molecule has 5 nitrogen and oxygen atoms in total. The number of unbranched alkanes of at least 4 members (excludes halogenated alkanes) is 1. The van der Waals surface area contributed by atoms with Crippen LogP contribution in [0.25, 0.3) is 22.5 Å². The van der Waals surface area contributed by atoms with Crippen LogP contribution in [0.2, 0.25) is 0 Å². The highest BCUT2D eigenvalue weighted by atomic mass is 19.1. The van der Waals surface area contributed by atoms with E-state index < -0.39 is 17.8 Å². The fourth-order valence-corrected chi connectivity index (χ4v) is 3.12. The minimum Gasteiger partial charge on any atom is -0.494 e. The predicted octanol–water partition coefficient (Wildman–Crippen LogP) is 6.76. The van der Waals surface area contributed by atoms with Crippen molar-refractivity contribution < 1.29 is 23.0 Å². The van der Waals surface area contributed by atoms with Gasteiger partial charge in [0.25, 0.3) is 0 Å². The third-order valence-corrected chi connectivity index (χ3v) is 5.52. The second-order valence-corrected chi connectivity index (χ2v) is 8.41. The molecular weight excluding hydrogens is 438 g/mol. The van der Waals surface area contributed by atoms with Crippen LogP contribution in [-0.4, -0.2) is 34.4 Å². The van der Waals surface area contributed by atoms with E-state index >= 15 is 0 Å². The smallest absolute Gasteiger partial charge is 0.348 e. The van der Waals surface area contributed by atoms with E-state index in [-0.39, 0.29) is 12.2 Å². The lowest BCUT2D eigenvalue weighted by molar-refractivity contribution is -0.146. The van der Waals surface area contributed by atoms with E-state index in [2.05, 4.69) is 9.97 Å². The third-order valence-electron chi connectivity index (χ3n) is 5.52. The van der Waals surface area contributed by atoms with Crippen LogP contribution >= 0.6 is 0 Å². The van der Waals surface area contributed by atoms with Crippen LogP contribution in [0, 0.1) is 0 Å². The van der Waals surface area contributed by atoms with Gasteiger partial charge in [0.15, 0.2) is 5.82 Å². The number of aromatic nitrogens is 2. The molecule has 3 aromatic rings. The molecule has 0 aliphatic rings. The van der Waals surface area contributed by atoms with Crippen molar-refractivity contribution in [3.05, 3.63) is 60.9 Å². The summed E-state index contributed by atoms with van der Waals surface area (Å²) in [6.45, 7) is 4.93. The van der Waals surface area contributed by atoms with Gasteiger partial charge in [0, 0.05) is 23.5 Å². The maximum Gasteiger partial charge on any atom is 0.348 e. The first-order valence-corrected chi connectivity index (χ1v) is 11.5. The first-order chi connectivity index (χ1) is 16.3. The predicted molar refractivity (Wildman–Crippen MR) is 128 cm³/mol. The Morgan fingerprint density at radius 1 is 0.941 bits per heavy atom. The van der Waals surface area contributed by atoms with E-state index in [1.165, 1.54) is 6.92 Å². The van der Waals surface area contributed by atoms with Gasteiger partial charge in [0.1, 0.15) is 11.5 Å². The Kier molecular flexibility index (Phi) is 8.68. The summed E-state index contributed by atoms with van der Waals surface area (Å²) < 4.78 is 37.7. The Bertz CT molecular complexity index is 1050. The fourth-order valence-electron chi connectivity index (χ4n) is 3.12. The van der Waals surface area contributed by atoms with Gasteiger partial charge >= 0.3 is 5.97 Å². The summed E-state index contributed by atoms with van der Waals surface area (Å²) in [5.74, 6) is 0.710. The molecule has 0 aliphatic carbocycles. The molecule has 0 bridgehead atoms. The molecular formula is C27H30F2N2O3. The average molecular weight is 469 g/mol. The van der Waals surface area contributed by atoms with E-state index in [1.807, 2.05) is 24.3 Å². The second kappa shape index (κ2) is 11.7.